The molecule has 0 spiro atoms. The van der Waals surface area contributed by atoms with Crippen molar-refractivity contribution in [1.82, 2.24) is 0 Å². The van der Waals surface area contributed by atoms with E-state index < -0.39 is 0 Å². The second kappa shape index (κ2) is 5.98. The minimum atomic E-state index is 0.113. The molecule has 0 amide bonds. The summed E-state index contributed by atoms with van der Waals surface area (Å²) < 4.78 is 0. The zero-order valence-corrected chi connectivity index (χ0v) is 8.33. The number of nitroso groups, excluding NO2 is 1. The lowest BCUT2D eigenvalue weighted by Gasteiger charge is -2.14. The van der Waals surface area contributed by atoms with Gasteiger partial charge < -0.3 is 10.2 Å². The van der Waals surface area contributed by atoms with Crippen LogP contribution in [-0.4, -0.2) is 23.4 Å². The molecule has 0 aliphatic rings. The molecule has 0 saturated carbocycles. The molecule has 1 rings (SSSR count). The molecule has 5 nitrogen and oxygen atoms in total. The van der Waals surface area contributed by atoms with Gasteiger partial charge in [0, 0.05) is 13.2 Å². The highest BCUT2D eigenvalue weighted by Gasteiger charge is 2.05. The van der Waals surface area contributed by atoms with Gasteiger partial charge in [-0.2, -0.15) is 0 Å². The Hall–Kier alpha value is -1.62. The van der Waals surface area contributed by atoms with Crippen LogP contribution in [0.2, 0.25) is 0 Å². The molecule has 0 aromatic heterocycles. The summed E-state index contributed by atoms with van der Waals surface area (Å²) in [5.41, 5.74) is 0.640. The number of rotatable bonds is 6. The predicted octanol–water partition coefficient (Wildman–Crippen LogP) is 1.65. The average Bonchev–Trinajstić information content (AvgIpc) is 2.26. The quantitative estimate of drug-likeness (QED) is 0.425. The Bertz CT molecular complexity index is 300. The summed E-state index contributed by atoms with van der Waals surface area (Å²) >= 11 is 0. The van der Waals surface area contributed by atoms with Crippen LogP contribution in [0, 0.1) is 4.91 Å². The molecule has 0 atom stereocenters. The van der Waals surface area contributed by atoms with Crippen LogP contribution in [-0.2, 0) is 0 Å². The second-order valence-corrected chi connectivity index (χ2v) is 3.15. The van der Waals surface area contributed by atoms with Gasteiger partial charge in [-0.25, -0.2) is 5.01 Å². The molecule has 0 aliphatic carbocycles. The summed E-state index contributed by atoms with van der Waals surface area (Å²) in [5.74, 6) is 0.153. The summed E-state index contributed by atoms with van der Waals surface area (Å²) in [6.07, 6.45) is 1.34. The van der Waals surface area contributed by atoms with E-state index in [2.05, 4.69) is 5.29 Å². The molecule has 82 valence electrons. The molecule has 2 N–H and O–H groups in total. The summed E-state index contributed by atoms with van der Waals surface area (Å²) in [4.78, 5) is 10.5. The van der Waals surface area contributed by atoms with Gasteiger partial charge in [-0.15, -0.1) is 4.91 Å². The third kappa shape index (κ3) is 3.55. The van der Waals surface area contributed by atoms with Gasteiger partial charge in [-0.1, -0.05) is 0 Å². The molecule has 0 radical (unpaired) electrons. The van der Waals surface area contributed by atoms with E-state index in [9.17, 15) is 4.91 Å². The Morgan fingerprint density at radius 1 is 1.20 bits per heavy atom. The molecule has 0 heterocycles. The van der Waals surface area contributed by atoms with Gasteiger partial charge in [0.05, 0.1) is 11.0 Å². The van der Waals surface area contributed by atoms with Crippen molar-refractivity contribution < 1.29 is 10.2 Å². The van der Waals surface area contributed by atoms with E-state index in [4.69, 9.17) is 10.2 Å². The number of nitrogens with zero attached hydrogens (tertiary/aromatic N) is 2. The highest BCUT2D eigenvalue weighted by atomic mass is 16.3. The average molecular weight is 210 g/mol. The van der Waals surface area contributed by atoms with Gasteiger partial charge in [0.1, 0.15) is 5.75 Å². The minimum absolute atomic E-state index is 0.113. The molecule has 1 aromatic rings. The lowest BCUT2D eigenvalue weighted by Crippen LogP contribution is -2.16. The number of aliphatic hydroxyl groups is 1. The van der Waals surface area contributed by atoms with E-state index in [1.54, 1.807) is 12.1 Å². The first kappa shape index (κ1) is 11.5. The topological polar surface area (TPSA) is 73.1 Å². The molecule has 0 bridgehead atoms. The Kier molecular flexibility index (Phi) is 4.56. The van der Waals surface area contributed by atoms with E-state index in [0.29, 0.717) is 25.1 Å². The number of phenols is 1. The van der Waals surface area contributed by atoms with E-state index >= 15 is 0 Å². The summed E-state index contributed by atoms with van der Waals surface area (Å²) in [6, 6.07) is 6.24. The van der Waals surface area contributed by atoms with Gasteiger partial charge in [0.25, 0.3) is 0 Å². The molecule has 0 saturated heterocycles. The van der Waals surface area contributed by atoms with Crippen molar-refractivity contribution in [2.24, 2.45) is 5.29 Å². The number of phenolic OH excluding ortho intramolecular Hbond substituents is 1. The van der Waals surface area contributed by atoms with Crippen LogP contribution in [0.25, 0.3) is 0 Å². The zero-order valence-electron chi connectivity index (χ0n) is 8.33. The van der Waals surface area contributed by atoms with Crippen LogP contribution in [0.3, 0.4) is 0 Å². The third-order valence-corrected chi connectivity index (χ3v) is 2.02. The number of aliphatic hydroxyl groups excluding tert-OH is 1. The molecule has 0 fully saturated rings. The van der Waals surface area contributed by atoms with Crippen molar-refractivity contribution in [1.29, 1.82) is 0 Å². The van der Waals surface area contributed by atoms with Crippen LogP contribution in [0.5, 0.6) is 5.75 Å². The normalized spacial score (nSPS) is 9.93. The number of hydrogen-bond acceptors (Lipinski definition) is 4. The monoisotopic (exact) mass is 210 g/mol. The van der Waals surface area contributed by atoms with Crippen molar-refractivity contribution >= 4 is 5.69 Å². The standard InChI is InChI=1S/C10H14N2O3/c13-8-2-1-7-12(11-15)9-3-5-10(14)6-4-9/h3-6,13-14H,1-2,7-8H2. The zero-order chi connectivity index (χ0) is 11.1. The highest BCUT2D eigenvalue weighted by Crippen LogP contribution is 2.18. The van der Waals surface area contributed by atoms with Crippen molar-refractivity contribution in [3.8, 4) is 5.75 Å². The molecule has 1 aromatic carbocycles. The number of unbranched alkanes of at least 4 members (excludes halogenated alkanes) is 1. The van der Waals surface area contributed by atoms with E-state index in [1.807, 2.05) is 0 Å². The fourth-order valence-electron chi connectivity index (χ4n) is 1.22. The maximum atomic E-state index is 10.5. The first-order valence-corrected chi connectivity index (χ1v) is 4.78. The van der Waals surface area contributed by atoms with Gasteiger partial charge in [0.15, 0.2) is 0 Å². The van der Waals surface area contributed by atoms with Gasteiger partial charge in [-0.05, 0) is 37.1 Å². The fourth-order valence-corrected chi connectivity index (χ4v) is 1.22. The first-order valence-electron chi connectivity index (χ1n) is 4.78. The van der Waals surface area contributed by atoms with E-state index in [0.717, 1.165) is 0 Å². The van der Waals surface area contributed by atoms with Crippen LogP contribution >= 0.6 is 0 Å². The Morgan fingerprint density at radius 3 is 2.40 bits per heavy atom. The summed E-state index contributed by atoms with van der Waals surface area (Å²) in [7, 11) is 0. The maximum Gasteiger partial charge on any atom is 0.115 e. The number of anilines is 1. The maximum absolute atomic E-state index is 10.5. The van der Waals surface area contributed by atoms with Crippen molar-refractivity contribution in [3.05, 3.63) is 29.2 Å². The van der Waals surface area contributed by atoms with Crippen LogP contribution < -0.4 is 5.01 Å². The molecule has 15 heavy (non-hydrogen) atoms. The van der Waals surface area contributed by atoms with E-state index in [-0.39, 0.29) is 12.4 Å². The fraction of sp³-hybridized carbons (Fsp3) is 0.400. The van der Waals surface area contributed by atoms with Crippen molar-refractivity contribution in [3.63, 3.8) is 0 Å². The molecular weight excluding hydrogens is 196 g/mol. The van der Waals surface area contributed by atoms with Crippen LogP contribution in [0.1, 0.15) is 12.8 Å². The molecular formula is C10H14N2O3. The molecule has 5 heteroatoms. The Labute approximate surface area is 87.9 Å². The molecule has 0 unspecified atom stereocenters. The second-order valence-electron chi connectivity index (χ2n) is 3.15. The third-order valence-electron chi connectivity index (χ3n) is 2.02. The Balaban J connectivity index is 2.57. The highest BCUT2D eigenvalue weighted by molar-refractivity contribution is 5.47. The van der Waals surface area contributed by atoms with Gasteiger partial charge in [0.2, 0.25) is 0 Å². The first-order chi connectivity index (χ1) is 7.27. The van der Waals surface area contributed by atoms with Crippen molar-refractivity contribution in [2.45, 2.75) is 12.8 Å². The summed E-state index contributed by atoms with van der Waals surface area (Å²) in [5, 5.41) is 21.8. The number of benzene rings is 1. The number of aromatic hydroxyl groups is 1. The summed E-state index contributed by atoms with van der Waals surface area (Å²) in [6.45, 7) is 0.580. The minimum Gasteiger partial charge on any atom is -0.508 e. The number of hydrogen-bond donors (Lipinski definition) is 2. The largest absolute Gasteiger partial charge is 0.508 e. The van der Waals surface area contributed by atoms with E-state index in [1.165, 1.54) is 17.1 Å². The van der Waals surface area contributed by atoms with Crippen LogP contribution in [0.4, 0.5) is 5.69 Å². The lowest BCUT2D eigenvalue weighted by atomic mass is 10.2. The lowest BCUT2D eigenvalue weighted by molar-refractivity contribution is 0.285. The molecule has 0 aliphatic heterocycles. The van der Waals surface area contributed by atoms with Crippen molar-refractivity contribution in [2.75, 3.05) is 18.2 Å². The van der Waals surface area contributed by atoms with Gasteiger partial charge in [-0.3, -0.25) is 0 Å². The predicted molar refractivity (Wildman–Crippen MR) is 57.6 cm³/mol. The smallest absolute Gasteiger partial charge is 0.115 e. The SMILES string of the molecule is O=NN(CCCCO)c1ccc(O)cc1. The van der Waals surface area contributed by atoms with Gasteiger partial charge >= 0.3 is 0 Å². The Morgan fingerprint density at radius 2 is 1.87 bits per heavy atom. The van der Waals surface area contributed by atoms with Crippen LogP contribution in [0.15, 0.2) is 29.6 Å².